The Morgan fingerprint density at radius 3 is 2.76 bits per heavy atom. The molecule has 1 aromatic carbocycles. The van der Waals surface area contributed by atoms with Gasteiger partial charge in [-0.15, -0.1) is 11.3 Å². The Morgan fingerprint density at radius 2 is 2.10 bits per heavy atom. The van der Waals surface area contributed by atoms with Gasteiger partial charge in [-0.2, -0.15) is 0 Å². The Morgan fingerprint density at radius 1 is 1.33 bits per heavy atom. The van der Waals surface area contributed by atoms with Gasteiger partial charge in [0, 0.05) is 27.9 Å². The van der Waals surface area contributed by atoms with Gasteiger partial charge in [-0.3, -0.25) is 0 Å². The molecule has 1 aromatic heterocycles. The van der Waals surface area contributed by atoms with Gasteiger partial charge < -0.3 is 10.1 Å². The zero-order valence-corrected chi connectivity index (χ0v) is 14.8. The lowest BCUT2D eigenvalue weighted by atomic mass is 10.2. The van der Waals surface area contributed by atoms with E-state index in [0.717, 1.165) is 6.54 Å². The van der Waals surface area contributed by atoms with Crippen molar-refractivity contribution in [1.82, 2.24) is 5.32 Å². The van der Waals surface area contributed by atoms with E-state index in [1.165, 1.54) is 21.4 Å². The minimum absolute atomic E-state index is 0.281. The number of ether oxygens (including phenoxy) is 1. The first kappa shape index (κ1) is 16.5. The highest BCUT2D eigenvalue weighted by atomic mass is 79.9. The van der Waals surface area contributed by atoms with Crippen LogP contribution in [-0.4, -0.2) is 6.04 Å². The van der Waals surface area contributed by atoms with E-state index in [-0.39, 0.29) is 5.82 Å². The van der Waals surface area contributed by atoms with E-state index in [2.05, 4.69) is 48.1 Å². The summed E-state index contributed by atoms with van der Waals surface area (Å²) in [4.78, 5) is 2.57. The number of benzene rings is 1. The van der Waals surface area contributed by atoms with E-state index >= 15 is 0 Å². The van der Waals surface area contributed by atoms with E-state index < -0.39 is 0 Å². The highest BCUT2D eigenvalue weighted by Crippen LogP contribution is 2.25. The van der Waals surface area contributed by atoms with Crippen LogP contribution in [0.2, 0.25) is 0 Å². The molecular weight excluding hydrogens is 353 g/mol. The Labute approximate surface area is 137 Å². The van der Waals surface area contributed by atoms with Gasteiger partial charge in [-0.1, -0.05) is 13.8 Å². The second-order valence-corrected chi connectivity index (χ2v) is 7.39. The topological polar surface area (TPSA) is 21.3 Å². The van der Waals surface area contributed by atoms with Crippen LogP contribution in [0.1, 0.15) is 29.2 Å². The summed E-state index contributed by atoms with van der Waals surface area (Å²) in [6.45, 7) is 7.75. The highest BCUT2D eigenvalue weighted by molar-refractivity contribution is 9.10. The van der Waals surface area contributed by atoms with Crippen LogP contribution in [0.5, 0.6) is 5.75 Å². The molecule has 2 nitrogen and oxygen atoms in total. The molecule has 114 valence electrons. The van der Waals surface area contributed by atoms with Gasteiger partial charge in [0.15, 0.2) is 0 Å². The van der Waals surface area contributed by atoms with Crippen molar-refractivity contribution < 1.29 is 9.13 Å². The molecule has 0 aliphatic heterocycles. The summed E-state index contributed by atoms with van der Waals surface area (Å²) in [5, 5.41) is 3.41. The third kappa shape index (κ3) is 4.80. The van der Waals surface area contributed by atoms with Crippen LogP contribution in [0.25, 0.3) is 0 Å². The van der Waals surface area contributed by atoms with Gasteiger partial charge in [0.1, 0.15) is 18.2 Å². The molecule has 21 heavy (non-hydrogen) atoms. The zero-order valence-electron chi connectivity index (χ0n) is 12.4. The smallest absolute Gasteiger partial charge is 0.137 e. The first-order valence-corrected chi connectivity index (χ1v) is 8.46. The monoisotopic (exact) mass is 371 g/mol. The second-order valence-electron chi connectivity index (χ2n) is 5.19. The maximum atomic E-state index is 13.2. The normalized spacial score (nSPS) is 11.1. The summed E-state index contributed by atoms with van der Waals surface area (Å²) in [7, 11) is 0. The summed E-state index contributed by atoms with van der Waals surface area (Å²) >= 11 is 4.95. The summed E-state index contributed by atoms with van der Waals surface area (Å²) < 4.78 is 19.3. The van der Waals surface area contributed by atoms with Crippen LogP contribution in [0.15, 0.2) is 28.7 Å². The molecule has 0 amide bonds. The molecule has 0 unspecified atom stereocenters. The molecule has 0 fully saturated rings. The Kier molecular flexibility index (Phi) is 5.79. The molecule has 5 heteroatoms. The van der Waals surface area contributed by atoms with Crippen molar-refractivity contribution in [2.24, 2.45) is 0 Å². The minimum Gasteiger partial charge on any atom is -0.489 e. The van der Waals surface area contributed by atoms with E-state index in [0.29, 0.717) is 22.9 Å². The van der Waals surface area contributed by atoms with E-state index in [4.69, 9.17) is 4.74 Å². The number of aryl methyl sites for hydroxylation is 1. The molecule has 0 aliphatic rings. The largest absolute Gasteiger partial charge is 0.489 e. The van der Waals surface area contributed by atoms with Crippen molar-refractivity contribution in [3.05, 3.63) is 49.9 Å². The molecular formula is C16H19BrFNOS. The summed E-state index contributed by atoms with van der Waals surface area (Å²) in [6.07, 6.45) is 0. The fourth-order valence-corrected chi connectivity index (χ4v) is 3.21. The van der Waals surface area contributed by atoms with E-state index in [1.54, 1.807) is 23.5 Å². The molecule has 0 bridgehead atoms. The summed E-state index contributed by atoms with van der Waals surface area (Å²) in [5.41, 5.74) is 1.18. The number of thiophene rings is 1. The third-order valence-corrected chi connectivity index (χ3v) is 4.74. The average Bonchev–Trinajstić information content (AvgIpc) is 2.78. The van der Waals surface area contributed by atoms with Crippen LogP contribution in [0.3, 0.4) is 0 Å². The number of halogens is 2. The number of hydrogen-bond acceptors (Lipinski definition) is 3. The van der Waals surface area contributed by atoms with Crippen molar-refractivity contribution in [1.29, 1.82) is 0 Å². The predicted molar refractivity (Wildman–Crippen MR) is 89.5 cm³/mol. The lowest BCUT2D eigenvalue weighted by Crippen LogP contribution is -2.21. The SMILES string of the molecule is Cc1sc(CNC(C)C)cc1COc1ccc(F)c(Br)c1. The Hall–Kier alpha value is -0.910. The standard InChI is InChI=1S/C16H19BrFNOS/c1-10(2)19-8-14-6-12(11(3)21-14)9-20-13-4-5-16(18)15(17)7-13/h4-7,10,19H,8-9H2,1-3H3. The van der Waals surface area contributed by atoms with Crippen molar-refractivity contribution in [3.8, 4) is 5.75 Å². The molecule has 1 N–H and O–H groups in total. The fourth-order valence-electron chi connectivity index (χ4n) is 1.85. The highest BCUT2D eigenvalue weighted by Gasteiger charge is 2.08. The molecule has 0 radical (unpaired) electrons. The van der Waals surface area contributed by atoms with Gasteiger partial charge in [0.05, 0.1) is 4.47 Å². The van der Waals surface area contributed by atoms with Crippen LogP contribution in [0.4, 0.5) is 4.39 Å². The predicted octanol–water partition coefficient (Wildman–Crippen LogP) is 5.04. The van der Waals surface area contributed by atoms with Gasteiger partial charge in [-0.25, -0.2) is 4.39 Å². The maximum absolute atomic E-state index is 13.2. The van der Waals surface area contributed by atoms with Crippen molar-refractivity contribution in [2.75, 3.05) is 0 Å². The molecule has 0 saturated heterocycles. The van der Waals surface area contributed by atoms with Gasteiger partial charge in [-0.05, 0) is 47.1 Å². The third-order valence-electron chi connectivity index (χ3n) is 3.04. The fraction of sp³-hybridized carbons (Fsp3) is 0.375. The van der Waals surface area contributed by atoms with Gasteiger partial charge >= 0.3 is 0 Å². The Bertz CT molecular complexity index is 612. The van der Waals surface area contributed by atoms with E-state index in [1.807, 2.05) is 0 Å². The second kappa shape index (κ2) is 7.38. The molecule has 1 heterocycles. The molecule has 2 aromatic rings. The quantitative estimate of drug-likeness (QED) is 0.768. The van der Waals surface area contributed by atoms with Gasteiger partial charge in [0.2, 0.25) is 0 Å². The van der Waals surface area contributed by atoms with Crippen molar-refractivity contribution in [2.45, 2.75) is 40.0 Å². The number of nitrogens with one attached hydrogen (secondary N) is 1. The number of hydrogen-bond donors (Lipinski definition) is 1. The molecule has 0 spiro atoms. The lowest BCUT2D eigenvalue weighted by molar-refractivity contribution is 0.305. The molecule has 0 atom stereocenters. The summed E-state index contributed by atoms with van der Waals surface area (Å²) in [5.74, 6) is 0.381. The van der Waals surface area contributed by atoms with E-state index in [9.17, 15) is 4.39 Å². The van der Waals surface area contributed by atoms with Crippen LogP contribution in [0, 0.1) is 12.7 Å². The Balaban J connectivity index is 1.97. The first-order chi connectivity index (χ1) is 9.95. The zero-order chi connectivity index (χ0) is 15.4. The van der Waals surface area contributed by atoms with Crippen LogP contribution >= 0.6 is 27.3 Å². The van der Waals surface area contributed by atoms with Gasteiger partial charge in [0.25, 0.3) is 0 Å². The van der Waals surface area contributed by atoms with Crippen LogP contribution < -0.4 is 10.1 Å². The maximum Gasteiger partial charge on any atom is 0.137 e. The molecule has 0 saturated carbocycles. The van der Waals surface area contributed by atoms with Crippen LogP contribution in [-0.2, 0) is 13.2 Å². The summed E-state index contributed by atoms with van der Waals surface area (Å²) in [6, 6.07) is 7.34. The van der Waals surface area contributed by atoms with Crippen molar-refractivity contribution in [3.63, 3.8) is 0 Å². The molecule has 0 aliphatic carbocycles. The molecule has 2 rings (SSSR count). The van der Waals surface area contributed by atoms with Crippen molar-refractivity contribution >= 4 is 27.3 Å². The minimum atomic E-state index is -0.281. The average molecular weight is 372 g/mol. The first-order valence-electron chi connectivity index (χ1n) is 6.85. The number of rotatable bonds is 6. The lowest BCUT2D eigenvalue weighted by Gasteiger charge is -2.06.